The second-order valence-electron chi connectivity index (χ2n) is 4.87. The second kappa shape index (κ2) is 6.10. The average molecular weight is 316 g/mol. The summed E-state index contributed by atoms with van der Waals surface area (Å²) in [5, 5.41) is 0. The molecular weight excluding hydrogens is 297 g/mol. The molecule has 2 N–H and O–H groups in total. The zero-order chi connectivity index (χ0) is 13.1. The van der Waals surface area contributed by atoms with Gasteiger partial charge >= 0.3 is 0 Å². The zero-order valence-electron chi connectivity index (χ0n) is 10.6. The van der Waals surface area contributed by atoms with E-state index in [0.29, 0.717) is 17.1 Å². The Hall–Kier alpha value is -0.490. The summed E-state index contributed by atoms with van der Waals surface area (Å²) in [6.07, 6.45) is 0. The molecule has 2 rings (SSSR count). The van der Waals surface area contributed by atoms with E-state index < -0.39 is 0 Å². The van der Waals surface area contributed by atoms with Gasteiger partial charge in [-0.1, -0.05) is 6.07 Å². The van der Waals surface area contributed by atoms with Gasteiger partial charge in [0, 0.05) is 38.8 Å². The molecule has 0 aliphatic carbocycles. The number of hydrogen-bond acceptors (Lipinski definition) is 3. The van der Waals surface area contributed by atoms with E-state index in [9.17, 15) is 4.39 Å². The lowest BCUT2D eigenvalue weighted by Crippen LogP contribution is -2.54. The molecule has 0 bridgehead atoms. The maximum atomic E-state index is 13.5. The standard InChI is InChI=1S/C13H19BrFN3/c1-17-4-5-18(11(7-16)9-17)8-10-2-3-12(14)13(15)6-10/h2-3,6,11H,4-5,7-9,16H2,1H3. The summed E-state index contributed by atoms with van der Waals surface area (Å²) in [6, 6.07) is 5.67. The molecule has 0 amide bonds. The van der Waals surface area contributed by atoms with Crippen molar-refractivity contribution in [3.05, 3.63) is 34.1 Å². The van der Waals surface area contributed by atoms with Gasteiger partial charge in [-0.2, -0.15) is 0 Å². The van der Waals surface area contributed by atoms with Crippen molar-refractivity contribution in [2.45, 2.75) is 12.6 Å². The quantitative estimate of drug-likeness (QED) is 0.921. The summed E-state index contributed by atoms with van der Waals surface area (Å²) >= 11 is 3.17. The van der Waals surface area contributed by atoms with Gasteiger partial charge in [-0.15, -0.1) is 0 Å². The Bertz CT molecular complexity index is 413. The molecule has 0 radical (unpaired) electrons. The molecule has 0 aromatic heterocycles. The number of likely N-dealkylation sites (N-methyl/N-ethyl adjacent to an activating group) is 1. The number of nitrogens with zero attached hydrogens (tertiary/aromatic N) is 2. The lowest BCUT2D eigenvalue weighted by atomic mass is 10.1. The van der Waals surface area contributed by atoms with E-state index in [1.54, 1.807) is 12.1 Å². The van der Waals surface area contributed by atoms with E-state index in [-0.39, 0.29) is 5.82 Å². The topological polar surface area (TPSA) is 32.5 Å². The zero-order valence-corrected chi connectivity index (χ0v) is 12.2. The first-order valence-corrected chi connectivity index (χ1v) is 6.96. The van der Waals surface area contributed by atoms with Crippen LogP contribution in [0.1, 0.15) is 5.56 Å². The molecule has 1 fully saturated rings. The van der Waals surface area contributed by atoms with Crippen LogP contribution in [0, 0.1) is 5.82 Å². The second-order valence-corrected chi connectivity index (χ2v) is 5.73. The molecule has 100 valence electrons. The summed E-state index contributed by atoms with van der Waals surface area (Å²) in [5.41, 5.74) is 6.81. The van der Waals surface area contributed by atoms with Crippen LogP contribution in [0.15, 0.2) is 22.7 Å². The summed E-state index contributed by atoms with van der Waals surface area (Å²) in [4.78, 5) is 4.62. The van der Waals surface area contributed by atoms with Crippen LogP contribution >= 0.6 is 15.9 Å². The third kappa shape index (κ3) is 3.29. The molecule has 1 atom stereocenters. The highest BCUT2D eigenvalue weighted by atomic mass is 79.9. The number of piperazine rings is 1. The van der Waals surface area contributed by atoms with Crippen molar-refractivity contribution in [3.8, 4) is 0 Å². The fraction of sp³-hybridized carbons (Fsp3) is 0.538. The molecule has 1 aromatic rings. The smallest absolute Gasteiger partial charge is 0.137 e. The third-order valence-corrected chi connectivity index (χ3v) is 4.09. The van der Waals surface area contributed by atoms with Gasteiger partial charge in [0.15, 0.2) is 0 Å². The van der Waals surface area contributed by atoms with Crippen LogP contribution in [0.5, 0.6) is 0 Å². The Balaban J connectivity index is 2.05. The van der Waals surface area contributed by atoms with Crippen molar-refractivity contribution in [1.82, 2.24) is 9.80 Å². The van der Waals surface area contributed by atoms with E-state index in [1.807, 2.05) is 6.07 Å². The number of nitrogens with two attached hydrogens (primary N) is 1. The Labute approximate surface area is 116 Å². The summed E-state index contributed by atoms with van der Waals surface area (Å²) in [7, 11) is 2.11. The normalized spacial score (nSPS) is 22.3. The summed E-state index contributed by atoms with van der Waals surface area (Å²) in [5.74, 6) is -0.203. The van der Waals surface area contributed by atoms with Gasteiger partial charge in [0.05, 0.1) is 4.47 Å². The first-order valence-electron chi connectivity index (χ1n) is 6.16. The van der Waals surface area contributed by atoms with Crippen molar-refractivity contribution in [2.75, 3.05) is 33.2 Å². The van der Waals surface area contributed by atoms with Crippen molar-refractivity contribution in [3.63, 3.8) is 0 Å². The third-order valence-electron chi connectivity index (χ3n) is 3.45. The number of benzene rings is 1. The minimum absolute atomic E-state index is 0.203. The molecule has 18 heavy (non-hydrogen) atoms. The lowest BCUT2D eigenvalue weighted by Gasteiger charge is -2.39. The molecule has 1 aromatic carbocycles. The fourth-order valence-corrected chi connectivity index (χ4v) is 2.60. The van der Waals surface area contributed by atoms with Gasteiger partial charge in [0.2, 0.25) is 0 Å². The molecule has 3 nitrogen and oxygen atoms in total. The van der Waals surface area contributed by atoms with Crippen molar-refractivity contribution in [2.24, 2.45) is 5.73 Å². The van der Waals surface area contributed by atoms with Crippen molar-refractivity contribution < 1.29 is 4.39 Å². The van der Waals surface area contributed by atoms with E-state index in [4.69, 9.17) is 5.73 Å². The Morgan fingerprint density at radius 3 is 2.89 bits per heavy atom. The number of rotatable bonds is 3. The maximum absolute atomic E-state index is 13.5. The van der Waals surface area contributed by atoms with Crippen LogP contribution in [0.4, 0.5) is 4.39 Å². The van der Waals surface area contributed by atoms with E-state index in [1.165, 1.54) is 0 Å². The van der Waals surface area contributed by atoms with Gasteiger partial charge in [-0.3, -0.25) is 4.90 Å². The van der Waals surface area contributed by atoms with Crippen LogP contribution in [0.3, 0.4) is 0 Å². The van der Waals surface area contributed by atoms with Crippen LogP contribution in [-0.2, 0) is 6.54 Å². The van der Waals surface area contributed by atoms with Gasteiger partial charge in [-0.25, -0.2) is 4.39 Å². The van der Waals surface area contributed by atoms with Crippen LogP contribution < -0.4 is 5.73 Å². The van der Waals surface area contributed by atoms with E-state index in [2.05, 4.69) is 32.8 Å². The molecule has 5 heteroatoms. The molecule has 1 heterocycles. The highest BCUT2D eigenvalue weighted by Gasteiger charge is 2.23. The first kappa shape index (κ1) is 13.9. The highest BCUT2D eigenvalue weighted by molar-refractivity contribution is 9.10. The molecule has 1 unspecified atom stereocenters. The monoisotopic (exact) mass is 315 g/mol. The molecule has 1 aliphatic heterocycles. The molecule has 1 saturated heterocycles. The Morgan fingerprint density at radius 2 is 2.22 bits per heavy atom. The average Bonchev–Trinajstić information content (AvgIpc) is 2.36. The molecule has 0 saturated carbocycles. The van der Waals surface area contributed by atoms with Crippen LogP contribution in [0.25, 0.3) is 0 Å². The van der Waals surface area contributed by atoms with Crippen molar-refractivity contribution in [1.29, 1.82) is 0 Å². The maximum Gasteiger partial charge on any atom is 0.137 e. The Kier molecular flexibility index (Phi) is 4.72. The fourth-order valence-electron chi connectivity index (χ4n) is 2.35. The van der Waals surface area contributed by atoms with Gasteiger partial charge in [0.25, 0.3) is 0 Å². The lowest BCUT2D eigenvalue weighted by molar-refractivity contribution is 0.0880. The van der Waals surface area contributed by atoms with Crippen LogP contribution in [-0.4, -0.2) is 49.1 Å². The van der Waals surface area contributed by atoms with Crippen molar-refractivity contribution >= 4 is 15.9 Å². The SMILES string of the molecule is CN1CCN(Cc2ccc(Br)c(F)c2)C(CN)C1. The van der Waals surface area contributed by atoms with E-state index in [0.717, 1.165) is 31.7 Å². The number of hydrogen-bond donors (Lipinski definition) is 1. The highest BCUT2D eigenvalue weighted by Crippen LogP contribution is 2.19. The summed E-state index contributed by atoms with van der Waals surface area (Å²) in [6.45, 7) is 4.41. The first-order chi connectivity index (χ1) is 8.60. The van der Waals surface area contributed by atoms with E-state index >= 15 is 0 Å². The van der Waals surface area contributed by atoms with Gasteiger partial charge in [-0.05, 0) is 40.7 Å². The predicted molar refractivity (Wildman–Crippen MR) is 74.8 cm³/mol. The molecule has 1 aliphatic rings. The molecule has 0 spiro atoms. The number of halogens is 2. The van der Waals surface area contributed by atoms with Gasteiger partial charge < -0.3 is 10.6 Å². The summed E-state index contributed by atoms with van der Waals surface area (Å²) < 4.78 is 14.0. The minimum atomic E-state index is -0.203. The minimum Gasteiger partial charge on any atom is -0.329 e. The van der Waals surface area contributed by atoms with Crippen LogP contribution in [0.2, 0.25) is 0 Å². The largest absolute Gasteiger partial charge is 0.329 e. The van der Waals surface area contributed by atoms with Gasteiger partial charge in [0.1, 0.15) is 5.82 Å². The Morgan fingerprint density at radius 1 is 1.44 bits per heavy atom. The molecular formula is C13H19BrFN3. The predicted octanol–water partition coefficient (Wildman–Crippen LogP) is 1.66.